The summed E-state index contributed by atoms with van der Waals surface area (Å²) in [6, 6.07) is 7.56. The van der Waals surface area contributed by atoms with Crippen molar-refractivity contribution in [2.75, 3.05) is 6.61 Å². The van der Waals surface area contributed by atoms with Crippen molar-refractivity contribution < 1.29 is 33.7 Å². The molecule has 29 heavy (non-hydrogen) atoms. The van der Waals surface area contributed by atoms with E-state index >= 15 is 0 Å². The topological polar surface area (TPSA) is 102 Å². The van der Waals surface area contributed by atoms with Crippen LogP contribution in [-0.2, 0) is 25.6 Å². The van der Waals surface area contributed by atoms with Gasteiger partial charge in [0.05, 0.1) is 0 Å². The Hall–Kier alpha value is -2.61. The Morgan fingerprint density at radius 1 is 0.931 bits per heavy atom. The third-order valence-electron chi connectivity index (χ3n) is 3.39. The molecule has 0 bridgehead atoms. The van der Waals surface area contributed by atoms with E-state index in [1.54, 1.807) is 65.8 Å². The molecule has 0 aliphatic rings. The molecule has 0 unspecified atom stereocenters. The quantitative estimate of drug-likeness (QED) is 0.565. The molecule has 1 N–H and O–H groups in total. The number of rotatable bonds is 6. The van der Waals surface area contributed by atoms with E-state index in [1.165, 1.54) is 0 Å². The minimum absolute atomic E-state index is 0.0436. The summed E-state index contributed by atoms with van der Waals surface area (Å²) in [5.74, 6) is -0.848. The largest absolute Gasteiger partial charge is 0.459 e. The minimum Gasteiger partial charge on any atom is -0.459 e. The highest BCUT2D eigenvalue weighted by atomic mass is 16.6. The monoisotopic (exact) mass is 409 g/mol. The maximum Gasteiger partial charge on any atom is 0.420 e. The van der Waals surface area contributed by atoms with Crippen molar-refractivity contribution >= 4 is 18.2 Å². The number of hydrogen-bond acceptors (Lipinski definition) is 7. The van der Waals surface area contributed by atoms with Crippen LogP contribution in [0.25, 0.3) is 0 Å². The molecule has 1 atom stereocenters. The van der Waals surface area contributed by atoms with Crippen molar-refractivity contribution in [3.63, 3.8) is 0 Å². The van der Waals surface area contributed by atoms with Gasteiger partial charge in [-0.15, -0.1) is 0 Å². The lowest BCUT2D eigenvalue weighted by atomic mass is 10.1. The number of esters is 1. The molecule has 0 heterocycles. The molecular weight excluding hydrogens is 378 g/mol. The molecule has 0 aliphatic heterocycles. The average Bonchev–Trinajstić information content (AvgIpc) is 2.57. The van der Waals surface area contributed by atoms with Gasteiger partial charge >= 0.3 is 18.2 Å². The van der Waals surface area contributed by atoms with Crippen LogP contribution in [0.4, 0.5) is 9.59 Å². The van der Waals surface area contributed by atoms with Gasteiger partial charge in [-0.25, -0.2) is 14.4 Å². The molecule has 2 amide bonds. The molecule has 0 aromatic heterocycles. The second-order valence-electron chi connectivity index (χ2n) is 8.45. The number of hydrogen-bond donors (Lipinski definition) is 1. The van der Waals surface area contributed by atoms with Gasteiger partial charge in [0.15, 0.2) is 0 Å². The zero-order chi connectivity index (χ0) is 22.2. The number of carbonyl (C=O) groups excluding carboxylic acids is 3. The van der Waals surface area contributed by atoms with Crippen molar-refractivity contribution in [2.24, 2.45) is 0 Å². The van der Waals surface area contributed by atoms with Crippen LogP contribution in [0.15, 0.2) is 30.3 Å². The summed E-state index contributed by atoms with van der Waals surface area (Å²) < 4.78 is 15.8. The van der Waals surface area contributed by atoms with Gasteiger partial charge in [-0.05, 0) is 47.1 Å². The molecule has 1 rings (SSSR count). The maximum atomic E-state index is 12.7. The summed E-state index contributed by atoms with van der Waals surface area (Å²) >= 11 is 0. The van der Waals surface area contributed by atoms with E-state index in [1.807, 2.05) is 6.07 Å². The Morgan fingerprint density at radius 3 is 1.83 bits per heavy atom. The summed E-state index contributed by atoms with van der Waals surface area (Å²) in [4.78, 5) is 38.7. The van der Waals surface area contributed by atoms with Gasteiger partial charge in [-0.1, -0.05) is 30.3 Å². The zero-order valence-electron chi connectivity index (χ0n) is 17.9. The maximum absolute atomic E-state index is 12.7. The lowest BCUT2D eigenvalue weighted by Gasteiger charge is -2.32. The third kappa shape index (κ3) is 8.95. The van der Waals surface area contributed by atoms with Gasteiger partial charge in [-0.2, -0.15) is 4.90 Å². The Balaban J connectivity index is 3.10. The molecule has 0 spiro atoms. The van der Waals surface area contributed by atoms with Crippen LogP contribution in [0, 0.1) is 0 Å². The van der Waals surface area contributed by atoms with Crippen LogP contribution in [0.5, 0.6) is 0 Å². The number of amides is 2. The highest BCUT2D eigenvalue weighted by Gasteiger charge is 2.40. The van der Waals surface area contributed by atoms with Gasteiger partial charge in [0.25, 0.3) is 0 Å². The molecule has 8 nitrogen and oxygen atoms in total. The second-order valence-corrected chi connectivity index (χ2v) is 8.45. The summed E-state index contributed by atoms with van der Waals surface area (Å²) in [6.45, 7) is 9.30. The van der Waals surface area contributed by atoms with Crippen molar-refractivity contribution in [1.29, 1.82) is 0 Å². The van der Waals surface area contributed by atoms with Crippen LogP contribution in [0.2, 0.25) is 0 Å². The Morgan fingerprint density at radius 2 is 1.41 bits per heavy atom. The number of benzene rings is 1. The van der Waals surface area contributed by atoms with Crippen molar-refractivity contribution in [3.8, 4) is 0 Å². The van der Waals surface area contributed by atoms with Crippen LogP contribution < -0.4 is 0 Å². The number of imide groups is 1. The van der Waals surface area contributed by atoms with Crippen LogP contribution in [0.1, 0.15) is 53.5 Å². The lowest BCUT2D eigenvalue weighted by molar-refractivity contribution is -0.151. The van der Waals surface area contributed by atoms with E-state index < -0.39 is 42.0 Å². The fraction of sp³-hybridized carbons (Fsp3) is 0.571. The minimum atomic E-state index is -1.39. The van der Waals surface area contributed by atoms with Gasteiger partial charge in [-0.3, -0.25) is 0 Å². The highest BCUT2D eigenvalue weighted by Crippen LogP contribution is 2.19. The first-order chi connectivity index (χ1) is 13.3. The number of carbonyl (C=O) groups is 3. The van der Waals surface area contributed by atoms with Gasteiger partial charge in [0.1, 0.15) is 23.9 Å². The summed E-state index contributed by atoms with van der Waals surface area (Å²) in [5, 5.41) is 9.41. The molecule has 1 aromatic rings. The number of nitrogens with zero attached hydrogens (tertiary/aromatic N) is 1. The molecule has 162 valence electrons. The first kappa shape index (κ1) is 24.4. The lowest BCUT2D eigenvalue weighted by Crippen LogP contribution is -2.52. The van der Waals surface area contributed by atoms with E-state index in [0.29, 0.717) is 4.90 Å². The number of ether oxygens (including phenoxy) is 3. The van der Waals surface area contributed by atoms with Gasteiger partial charge in [0, 0.05) is 13.0 Å². The Bertz CT molecular complexity index is 661. The summed E-state index contributed by atoms with van der Waals surface area (Å²) in [7, 11) is 0. The fourth-order valence-electron chi connectivity index (χ4n) is 2.25. The molecule has 0 radical (unpaired) electrons. The van der Waals surface area contributed by atoms with E-state index in [4.69, 9.17) is 14.2 Å². The molecule has 0 saturated heterocycles. The Labute approximate surface area is 171 Å². The SMILES string of the molecule is CC(C)(C)OC(=O)N(C(=O)OC(C)(C)C)[C@@H](CCO)C(=O)OCc1ccccc1. The van der Waals surface area contributed by atoms with Crippen LogP contribution >= 0.6 is 0 Å². The van der Waals surface area contributed by atoms with Gasteiger partial charge in [0.2, 0.25) is 0 Å². The number of aliphatic hydroxyl groups excluding tert-OH is 1. The second kappa shape index (κ2) is 10.2. The predicted octanol–water partition coefficient (Wildman–Crippen LogP) is 3.65. The van der Waals surface area contributed by atoms with E-state index in [-0.39, 0.29) is 13.0 Å². The highest BCUT2D eigenvalue weighted by molar-refractivity contribution is 5.94. The Kier molecular flexibility index (Phi) is 8.63. The standard InChI is InChI=1S/C21H31NO7/c1-20(2,3)28-18(25)22(19(26)29-21(4,5)6)16(12-13-23)17(24)27-14-15-10-8-7-9-11-15/h7-11,16,23H,12-14H2,1-6H3/t16-/m0/s1. The first-order valence-corrected chi connectivity index (χ1v) is 9.40. The molecule has 0 aliphatic carbocycles. The zero-order valence-corrected chi connectivity index (χ0v) is 17.9. The average molecular weight is 409 g/mol. The summed E-state index contributed by atoms with van der Waals surface area (Å²) in [5.41, 5.74) is -1.07. The van der Waals surface area contributed by atoms with E-state index in [9.17, 15) is 19.5 Å². The predicted molar refractivity (Wildman–Crippen MR) is 106 cm³/mol. The first-order valence-electron chi connectivity index (χ1n) is 9.40. The molecular formula is C21H31NO7. The number of aliphatic hydroxyl groups is 1. The smallest absolute Gasteiger partial charge is 0.420 e. The normalized spacial score (nSPS) is 12.7. The van der Waals surface area contributed by atoms with Crippen molar-refractivity contribution in [2.45, 2.75) is 71.8 Å². The van der Waals surface area contributed by atoms with E-state index in [2.05, 4.69) is 0 Å². The molecule has 8 heteroatoms. The molecule has 0 saturated carbocycles. The fourth-order valence-corrected chi connectivity index (χ4v) is 2.25. The molecule has 1 aromatic carbocycles. The molecule has 0 fully saturated rings. The van der Waals surface area contributed by atoms with Crippen molar-refractivity contribution in [1.82, 2.24) is 4.90 Å². The van der Waals surface area contributed by atoms with Crippen molar-refractivity contribution in [3.05, 3.63) is 35.9 Å². The summed E-state index contributed by atoms with van der Waals surface area (Å²) in [6.07, 6.45) is -2.32. The van der Waals surface area contributed by atoms with E-state index in [0.717, 1.165) is 5.56 Å². The van der Waals surface area contributed by atoms with Crippen LogP contribution in [-0.4, -0.2) is 52.0 Å². The van der Waals surface area contributed by atoms with Gasteiger partial charge < -0.3 is 19.3 Å². The van der Waals surface area contributed by atoms with Crippen LogP contribution in [0.3, 0.4) is 0 Å². The third-order valence-corrected chi connectivity index (χ3v) is 3.39.